The summed E-state index contributed by atoms with van der Waals surface area (Å²) in [5.74, 6) is 0. The molecule has 3 heteroatoms. The minimum Gasteiger partial charge on any atom is -0.310 e. The molecule has 3 aliphatic carbocycles. The summed E-state index contributed by atoms with van der Waals surface area (Å²) in [4.78, 5) is 9.00. The van der Waals surface area contributed by atoms with Crippen LogP contribution < -0.4 is 4.90 Å². The highest BCUT2D eigenvalue weighted by Gasteiger charge is 2.51. The Hall–Kier alpha value is -6.55. The Balaban J connectivity index is 1.11. The molecule has 1 spiro atoms. The predicted molar refractivity (Wildman–Crippen MR) is 220 cm³/mol. The van der Waals surface area contributed by atoms with Crippen molar-refractivity contribution in [3.63, 3.8) is 0 Å². The highest BCUT2D eigenvalue weighted by atomic mass is 32.1. The van der Waals surface area contributed by atoms with Crippen LogP contribution in [0.1, 0.15) is 22.3 Å². The van der Waals surface area contributed by atoms with Crippen molar-refractivity contribution < 1.29 is 0 Å². The van der Waals surface area contributed by atoms with E-state index in [-0.39, 0.29) is 0 Å². The van der Waals surface area contributed by atoms with Crippen LogP contribution in [0, 0.1) is 0 Å². The summed E-state index contributed by atoms with van der Waals surface area (Å²) >= 11 is 1.79. The van der Waals surface area contributed by atoms with E-state index in [0.717, 1.165) is 33.3 Å². The normalized spacial score (nSPS) is 13.4. The molecule has 0 atom stereocenters. The Morgan fingerprint density at radius 2 is 1.00 bits per heavy atom. The average Bonchev–Trinajstić information content (AvgIpc) is 3.95. The molecule has 1 heterocycles. The molecule has 9 aromatic rings. The zero-order chi connectivity index (χ0) is 34.7. The summed E-state index contributed by atoms with van der Waals surface area (Å²) < 4.78 is 0. The Bertz CT molecular complexity index is 2900. The standard InChI is InChI=1S/C50H30N2S/c1-3-14-31(15-4-1)49-51-47-41-29-35(28-32-16-13-22-40(46(32)41)48(47)53-49)52(33-17-5-2-6-18-33)34-26-27-39-38-21-9-12-25-44(38)50(45(39)30-34)42-23-10-7-19-36(42)37-20-8-11-24-43(37)50/h1-30H. The Labute approximate surface area is 311 Å². The lowest BCUT2D eigenvalue weighted by atomic mass is 9.70. The highest BCUT2D eigenvalue weighted by Crippen LogP contribution is 2.63. The van der Waals surface area contributed by atoms with Crippen LogP contribution in [0.25, 0.3) is 65.3 Å². The molecule has 8 aromatic carbocycles. The number of aromatic nitrogens is 1. The summed E-state index contributed by atoms with van der Waals surface area (Å²) in [6.07, 6.45) is 0. The number of para-hydroxylation sites is 1. The lowest BCUT2D eigenvalue weighted by Gasteiger charge is -2.32. The van der Waals surface area contributed by atoms with Crippen molar-refractivity contribution >= 4 is 39.2 Å². The van der Waals surface area contributed by atoms with Gasteiger partial charge in [0, 0.05) is 33.8 Å². The molecule has 0 unspecified atom stereocenters. The van der Waals surface area contributed by atoms with Crippen LogP contribution in [0.5, 0.6) is 0 Å². The molecule has 53 heavy (non-hydrogen) atoms. The van der Waals surface area contributed by atoms with E-state index in [2.05, 4.69) is 187 Å². The molecule has 1 aromatic heterocycles. The molecule has 12 rings (SSSR count). The van der Waals surface area contributed by atoms with Crippen LogP contribution in [-0.4, -0.2) is 4.98 Å². The van der Waals surface area contributed by atoms with Crippen LogP contribution in [0.15, 0.2) is 182 Å². The number of rotatable bonds is 4. The highest BCUT2D eigenvalue weighted by molar-refractivity contribution is 7.19. The van der Waals surface area contributed by atoms with Crippen molar-refractivity contribution in [1.82, 2.24) is 4.98 Å². The maximum atomic E-state index is 5.31. The van der Waals surface area contributed by atoms with E-state index in [1.54, 1.807) is 11.3 Å². The van der Waals surface area contributed by atoms with Crippen LogP contribution in [-0.2, 0) is 5.41 Å². The third-order valence-corrected chi connectivity index (χ3v) is 12.8. The molecule has 0 N–H and O–H groups in total. The van der Waals surface area contributed by atoms with Gasteiger partial charge in [-0.25, -0.2) is 4.98 Å². The van der Waals surface area contributed by atoms with Crippen LogP contribution >= 0.6 is 11.3 Å². The second kappa shape index (κ2) is 10.7. The third-order valence-electron chi connectivity index (χ3n) is 11.6. The zero-order valence-corrected chi connectivity index (χ0v) is 29.4. The van der Waals surface area contributed by atoms with E-state index in [9.17, 15) is 0 Å². The molecule has 0 aliphatic heterocycles. The van der Waals surface area contributed by atoms with Gasteiger partial charge in [0.1, 0.15) is 5.01 Å². The van der Waals surface area contributed by atoms with E-state index in [4.69, 9.17) is 4.98 Å². The van der Waals surface area contributed by atoms with Crippen LogP contribution in [0.3, 0.4) is 0 Å². The monoisotopic (exact) mass is 690 g/mol. The molecule has 0 bridgehead atoms. The molecular formula is C50H30N2S. The molecular weight excluding hydrogens is 661 g/mol. The van der Waals surface area contributed by atoms with Gasteiger partial charge in [0.25, 0.3) is 0 Å². The largest absolute Gasteiger partial charge is 0.310 e. The third kappa shape index (κ3) is 3.84. The molecule has 0 saturated carbocycles. The molecule has 246 valence electrons. The number of nitrogens with zero attached hydrogens (tertiary/aromatic N) is 2. The van der Waals surface area contributed by atoms with Crippen molar-refractivity contribution in [2.45, 2.75) is 5.41 Å². The van der Waals surface area contributed by atoms with Gasteiger partial charge in [-0.3, -0.25) is 0 Å². The zero-order valence-electron chi connectivity index (χ0n) is 28.6. The first-order chi connectivity index (χ1) is 26.3. The minimum atomic E-state index is -0.410. The molecule has 0 saturated heterocycles. The summed E-state index contributed by atoms with van der Waals surface area (Å²) in [5.41, 5.74) is 18.3. The van der Waals surface area contributed by atoms with Crippen molar-refractivity contribution in [2.24, 2.45) is 0 Å². The quantitative estimate of drug-likeness (QED) is 0.183. The van der Waals surface area contributed by atoms with Gasteiger partial charge in [-0.1, -0.05) is 146 Å². The van der Waals surface area contributed by atoms with E-state index in [1.807, 2.05) is 0 Å². The second-order valence-corrected chi connectivity index (χ2v) is 15.2. The molecule has 3 aliphatic rings. The molecule has 0 radical (unpaired) electrons. The molecule has 0 fully saturated rings. The fourth-order valence-corrected chi connectivity index (χ4v) is 10.7. The van der Waals surface area contributed by atoms with Crippen molar-refractivity contribution in [1.29, 1.82) is 0 Å². The first-order valence-electron chi connectivity index (χ1n) is 18.2. The lowest BCUT2D eigenvalue weighted by Crippen LogP contribution is -2.26. The van der Waals surface area contributed by atoms with Crippen LogP contribution in [0.4, 0.5) is 17.1 Å². The second-order valence-electron chi connectivity index (χ2n) is 14.2. The van der Waals surface area contributed by atoms with Crippen LogP contribution in [0.2, 0.25) is 0 Å². The summed E-state index contributed by atoms with van der Waals surface area (Å²) in [5, 5.41) is 3.58. The van der Waals surface area contributed by atoms with Gasteiger partial charge in [0.2, 0.25) is 0 Å². The first-order valence-corrected chi connectivity index (χ1v) is 19.0. The van der Waals surface area contributed by atoms with Gasteiger partial charge in [-0.05, 0) is 91.7 Å². The van der Waals surface area contributed by atoms with E-state index >= 15 is 0 Å². The Morgan fingerprint density at radius 1 is 0.415 bits per heavy atom. The van der Waals surface area contributed by atoms with Crippen molar-refractivity contribution in [3.8, 4) is 54.5 Å². The average molecular weight is 691 g/mol. The topological polar surface area (TPSA) is 16.1 Å². The Kier molecular flexibility index (Phi) is 5.89. The molecule has 0 amide bonds. The number of hydrogen-bond donors (Lipinski definition) is 0. The maximum Gasteiger partial charge on any atom is 0.124 e. The number of anilines is 3. The maximum absolute atomic E-state index is 5.31. The van der Waals surface area contributed by atoms with Gasteiger partial charge in [-0.2, -0.15) is 0 Å². The van der Waals surface area contributed by atoms with E-state index in [1.165, 1.54) is 71.3 Å². The van der Waals surface area contributed by atoms with Gasteiger partial charge in [-0.15, -0.1) is 11.3 Å². The first kappa shape index (κ1) is 29.1. The van der Waals surface area contributed by atoms with Gasteiger partial charge < -0.3 is 4.90 Å². The van der Waals surface area contributed by atoms with Gasteiger partial charge in [0.05, 0.1) is 16.0 Å². The van der Waals surface area contributed by atoms with Gasteiger partial charge >= 0.3 is 0 Å². The number of benzene rings is 8. The molecule has 2 nitrogen and oxygen atoms in total. The number of thiazole rings is 1. The van der Waals surface area contributed by atoms with Crippen molar-refractivity contribution in [2.75, 3.05) is 4.90 Å². The minimum absolute atomic E-state index is 0.410. The van der Waals surface area contributed by atoms with Crippen molar-refractivity contribution in [3.05, 3.63) is 204 Å². The van der Waals surface area contributed by atoms with Gasteiger partial charge in [0.15, 0.2) is 0 Å². The summed E-state index contributed by atoms with van der Waals surface area (Å²) in [6, 6.07) is 67.1. The fourth-order valence-electron chi connectivity index (χ4n) is 9.55. The van der Waals surface area contributed by atoms with E-state index in [0.29, 0.717) is 0 Å². The smallest absolute Gasteiger partial charge is 0.124 e. The SMILES string of the molecule is c1ccc(-c2nc3c(s2)-c2cccc4cc(N(c5ccccc5)c5ccc6c(c5)C5(c7ccccc7-c7ccccc75)c5ccccc5-6)cc-3c24)cc1. The predicted octanol–water partition coefficient (Wildman–Crippen LogP) is 13.4. The Morgan fingerprint density at radius 3 is 1.68 bits per heavy atom. The number of hydrogen-bond acceptors (Lipinski definition) is 3. The number of fused-ring (bicyclic) bond motifs is 13. The summed E-state index contributed by atoms with van der Waals surface area (Å²) in [7, 11) is 0. The summed E-state index contributed by atoms with van der Waals surface area (Å²) in [6.45, 7) is 0. The van der Waals surface area contributed by atoms with E-state index < -0.39 is 5.41 Å². The fraction of sp³-hybridized carbons (Fsp3) is 0.0200. The lowest BCUT2D eigenvalue weighted by molar-refractivity contribution is 0.793.